The summed E-state index contributed by atoms with van der Waals surface area (Å²) in [4.78, 5) is 0. The minimum Gasteiger partial charge on any atom is -0.495 e. The zero-order chi connectivity index (χ0) is 13.7. The molecule has 0 saturated heterocycles. The van der Waals surface area contributed by atoms with Gasteiger partial charge in [0.1, 0.15) is 5.75 Å². The van der Waals surface area contributed by atoms with Crippen molar-refractivity contribution in [3.63, 3.8) is 0 Å². The maximum atomic E-state index is 5.65. The number of hydrogen-bond acceptors (Lipinski definition) is 4. The molecule has 1 aromatic heterocycles. The number of anilines is 2. The molecule has 2 N–H and O–H groups in total. The molecule has 0 amide bonds. The van der Waals surface area contributed by atoms with Gasteiger partial charge in [-0.3, -0.25) is 0 Å². The number of para-hydroxylation sites is 2. The third-order valence-electron chi connectivity index (χ3n) is 2.23. The Morgan fingerprint density at radius 3 is 2.63 bits per heavy atom. The topological polar surface area (TPSA) is 59.1 Å². The van der Waals surface area contributed by atoms with Crippen LogP contribution in [0.4, 0.5) is 11.5 Å². The second-order valence-corrected chi connectivity index (χ2v) is 4.32. The van der Waals surface area contributed by atoms with E-state index in [1.54, 1.807) is 19.2 Å². The lowest BCUT2D eigenvalue weighted by Crippen LogP contribution is -2.20. The summed E-state index contributed by atoms with van der Waals surface area (Å²) in [5, 5.41) is 14.2. The van der Waals surface area contributed by atoms with E-state index < -0.39 is 0 Å². The van der Waals surface area contributed by atoms with Crippen LogP contribution in [0.5, 0.6) is 5.75 Å². The fraction of sp³-hybridized carbons (Fsp3) is 0.0833. The second kappa shape index (κ2) is 6.31. The minimum atomic E-state index is 0.328. The summed E-state index contributed by atoms with van der Waals surface area (Å²) < 4.78 is 5.22. The van der Waals surface area contributed by atoms with E-state index in [0.717, 1.165) is 5.69 Å². The van der Waals surface area contributed by atoms with Crippen LogP contribution in [0, 0.1) is 0 Å². The standard InChI is InChI=1S/C12H11ClN4OS/c1-18-9-5-3-2-4-8(9)14-12(19)15-11-7-6-10(13)16-17-11/h2-7H,1H3,(H2,14,15,17,19). The van der Waals surface area contributed by atoms with E-state index in [1.807, 2.05) is 24.3 Å². The van der Waals surface area contributed by atoms with Crippen molar-refractivity contribution in [2.45, 2.75) is 0 Å². The molecule has 0 bridgehead atoms. The maximum absolute atomic E-state index is 5.65. The molecular formula is C12H11ClN4OS. The molecule has 0 radical (unpaired) electrons. The average molecular weight is 295 g/mol. The molecule has 1 aromatic carbocycles. The Morgan fingerprint density at radius 1 is 1.16 bits per heavy atom. The number of nitrogens with one attached hydrogen (secondary N) is 2. The zero-order valence-electron chi connectivity index (χ0n) is 10.1. The zero-order valence-corrected chi connectivity index (χ0v) is 11.6. The van der Waals surface area contributed by atoms with Gasteiger partial charge in [-0.2, -0.15) is 0 Å². The molecular weight excluding hydrogens is 284 g/mol. The molecule has 0 aliphatic heterocycles. The van der Waals surface area contributed by atoms with Crippen molar-refractivity contribution in [1.82, 2.24) is 10.2 Å². The Labute approximate surface area is 121 Å². The van der Waals surface area contributed by atoms with Crippen molar-refractivity contribution in [3.05, 3.63) is 41.6 Å². The van der Waals surface area contributed by atoms with Gasteiger partial charge in [0.25, 0.3) is 0 Å². The lowest BCUT2D eigenvalue weighted by molar-refractivity contribution is 0.417. The van der Waals surface area contributed by atoms with Crippen LogP contribution in [0.15, 0.2) is 36.4 Å². The molecule has 0 unspecified atom stereocenters. The second-order valence-electron chi connectivity index (χ2n) is 3.52. The molecule has 7 heteroatoms. The Kier molecular flexibility index (Phi) is 4.48. The van der Waals surface area contributed by atoms with Gasteiger partial charge < -0.3 is 15.4 Å². The number of ether oxygens (including phenoxy) is 1. The average Bonchev–Trinajstić information content (AvgIpc) is 2.42. The summed E-state index contributed by atoms with van der Waals surface area (Å²) in [6.07, 6.45) is 0. The van der Waals surface area contributed by atoms with Crippen molar-refractivity contribution < 1.29 is 4.74 Å². The molecule has 0 aliphatic rings. The number of benzene rings is 1. The summed E-state index contributed by atoms with van der Waals surface area (Å²) in [5.74, 6) is 1.21. The van der Waals surface area contributed by atoms with Crippen LogP contribution in [0.3, 0.4) is 0 Å². The largest absolute Gasteiger partial charge is 0.495 e. The van der Waals surface area contributed by atoms with Crippen LogP contribution >= 0.6 is 23.8 Å². The van der Waals surface area contributed by atoms with Crippen molar-refractivity contribution in [1.29, 1.82) is 0 Å². The third kappa shape index (κ3) is 3.77. The first-order valence-electron chi connectivity index (χ1n) is 5.39. The van der Waals surface area contributed by atoms with E-state index >= 15 is 0 Å². The molecule has 98 valence electrons. The van der Waals surface area contributed by atoms with Crippen molar-refractivity contribution in [3.8, 4) is 5.75 Å². The molecule has 1 heterocycles. The van der Waals surface area contributed by atoms with Crippen LogP contribution in [0.1, 0.15) is 0 Å². The van der Waals surface area contributed by atoms with Gasteiger partial charge in [-0.1, -0.05) is 23.7 Å². The molecule has 2 rings (SSSR count). The van der Waals surface area contributed by atoms with E-state index in [1.165, 1.54) is 0 Å². The highest BCUT2D eigenvalue weighted by Crippen LogP contribution is 2.23. The number of hydrogen-bond donors (Lipinski definition) is 2. The minimum absolute atomic E-state index is 0.328. The summed E-state index contributed by atoms with van der Waals surface area (Å²) in [5.41, 5.74) is 0.768. The number of nitrogens with zero attached hydrogens (tertiary/aromatic N) is 2. The molecule has 0 fully saturated rings. The molecule has 0 aliphatic carbocycles. The first-order chi connectivity index (χ1) is 9.19. The predicted octanol–water partition coefficient (Wildman–Crippen LogP) is 2.95. The first kappa shape index (κ1) is 13.5. The van der Waals surface area contributed by atoms with Gasteiger partial charge in [0, 0.05) is 0 Å². The van der Waals surface area contributed by atoms with Crippen molar-refractivity contribution in [2.24, 2.45) is 0 Å². The number of thiocarbonyl (C=S) groups is 1. The lowest BCUT2D eigenvalue weighted by Gasteiger charge is -2.12. The first-order valence-corrected chi connectivity index (χ1v) is 6.18. The van der Waals surface area contributed by atoms with E-state index in [9.17, 15) is 0 Å². The van der Waals surface area contributed by atoms with E-state index in [4.69, 9.17) is 28.6 Å². The molecule has 0 atom stereocenters. The summed E-state index contributed by atoms with van der Waals surface area (Å²) in [6, 6.07) is 10.8. The van der Waals surface area contributed by atoms with Crippen LogP contribution in [-0.2, 0) is 0 Å². The normalized spacial score (nSPS) is 9.79. The predicted molar refractivity (Wildman–Crippen MR) is 79.9 cm³/mol. The number of aromatic nitrogens is 2. The lowest BCUT2D eigenvalue weighted by atomic mass is 10.3. The molecule has 0 saturated carbocycles. The van der Waals surface area contributed by atoms with Crippen LogP contribution in [-0.4, -0.2) is 22.4 Å². The highest BCUT2D eigenvalue weighted by Gasteiger charge is 2.04. The Balaban J connectivity index is 2.03. The van der Waals surface area contributed by atoms with Gasteiger partial charge in [-0.25, -0.2) is 0 Å². The van der Waals surface area contributed by atoms with Gasteiger partial charge in [-0.15, -0.1) is 10.2 Å². The van der Waals surface area contributed by atoms with Gasteiger partial charge in [0.15, 0.2) is 16.1 Å². The van der Waals surface area contributed by atoms with Gasteiger partial charge >= 0.3 is 0 Å². The maximum Gasteiger partial charge on any atom is 0.176 e. The van der Waals surface area contributed by atoms with E-state index in [-0.39, 0.29) is 0 Å². The smallest absolute Gasteiger partial charge is 0.176 e. The Morgan fingerprint density at radius 2 is 1.95 bits per heavy atom. The number of rotatable bonds is 3. The van der Waals surface area contributed by atoms with Crippen LogP contribution in [0.25, 0.3) is 0 Å². The highest BCUT2D eigenvalue weighted by atomic mass is 35.5. The fourth-order valence-corrected chi connectivity index (χ4v) is 1.72. The Bertz CT molecular complexity index is 576. The van der Waals surface area contributed by atoms with Gasteiger partial charge in [-0.05, 0) is 36.5 Å². The molecule has 5 nitrogen and oxygen atoms in total. The molecule has 19 heavy (non-hydrogen) atoms. The Hall–Kier alpha value is -1.92. The van der Waals surface area contributed by atoms with Crippen molar-refractivity contribution >= 4 is 40.4 Å². The van der Waals surface area contributed by atoms with E-state index in [0.29, 0.717) is 21.8 Å². The summed E-state index contributed by atoms with van der Waals surface area (Å²) in [6.45, 7) is 0. The highest BCUT2D eigenvalue weighted by molar-refractivity contribution is 7.80. The summed E-state index contributed by atoms with van der Waals surface area (Å²) in [7, 11) is 1.60. The summed E-state index contributed by atoms with van der Waals surface area (Å²) >= 11 is 10.8. The van der Waals surface area contributed by atoms with Gasteiger partial charge in [0.2, 0.25) is 0 Å². The third-order valence-corrected chi connectivity index (χ3v) is 2.63. The van der Waals surface area contributed by atoms with Crippen LogP contribution in [0.2, 0.25) is 5.15 Å². The van der Waals surface area contributed by atoms with Crippen molar-refractivity contribution in [2.75, 3.05) is 17.7 Å². The molecule has 2 aromatic rings. The van der Waals surface area contributed by atoms with Crippen LogP contribution < -0.4 is 15.4 Å². The van der Waals surface area contributed by atoms with E-state index in [2.05, 4.69) is 20.8 Å². The fourth-order valence-electron chi connectivity index (χ4n) is 1.40. The molecule has 0 spiro atoms. The quantitative estimate of drug-likeness (QED) is 0.849. The SMILES string of the molecule is COc1ccccc1NC(=S)Nc1ccc(Cl)nn1. The van der Waals surface area contributed by atoms with Gasteiger partial charge in [0.05, 0.1) is 12.8 Å². The number of halogens is 1. The number of methoxy groups -OCH3 is 1. The monoisotopic (exact) mass is 294 g/mol.